The van der Waals surface area contributed by atoms with E-state index in [1.54, 1.807) is 12.1 Å². The topological polar surface area (TPSA) is 133 Å². The first-order valence-electron chi connectivity index (χ1n) is 9.46. The summed E-state index contributed by atoms with van der Waals surface area (Å²) in [4.78, 5) is 54.0. The monoisotopic (exact) mass is 432 g/mol. The number of amides is 3. The van der Waals surface area contributed by atoms with Crippen LogP contribution in [0.25, 0.3) is 0 Å². The van der Waals surface area contributed by atoms with E-state index in [1.807, 2.05) is 0 Å². The van der Waals surface area contributed by atoms with Gasteiger partial charge in [0.25, 0.3) is 11.8 Å². The molecule has 2 aromatic carbocycles. The fourth-order valence-corrected chi connectivity index (χ4v) is 3.20. The number of anilines is 2. The van der Waals surface area contributed by atoms with E-state index in [4.69, 9.17) is 4.74 Å². The highest BCUT2D eigenvalue weighted by molar-refractivity contribution is 6.34. The quantitative estimate of drug-likeness (QED) is 0.281. The Morgan fingerprint density at radius 1 is 1.09 bits per heavy atom. The third-order valence-corrected chi connectivity index (χ3v) is 4.69. The van der Waals surface area contributed by atoms with Gasteiger partial charge in [-0.15, -0.1) is 0 Å². The number of ether oxygens (including phenoxy) is 1. The van der Waals surface area contributed by atoms with Crippen LogP contribution in [-0.2, 0) is 16.1 Å². The molecular formula is C22H16N4O6. The lowest BCUT2D eigenvalue weighted by atomic mass is 10.1. The maximum absolute atomic E-state index is 12.9. The molecule has 0 atom stereocenters. The smallest absolute Gasteiger partial charge is 0.339 e. The van der Waals surface area contributed by atoms with Crippen LogP contribution in [0.15, 0.2) is 60.9 Å². The highest BCUT2D eigenvalue weighted by Crippen LogP contribution is 2.30. The molecule has 32 heavy (non-hydrogen) atoms. The second-order valence-electron chi connectivity index (χ2n) is 6.87. The SMILES string of the molecule is CC(=O)Nc1ccc(N2C(=O)c3ccc(C(=O)OCc4nccc[n+]4[O-])cc3C2=O)cc1. The number of aromatic nitrogens is 2. The Morgan fingerprint density at radius 3 is 2.50 bits per heavy atom. The molecule has 0 unspecified atom stereocenters. The van der Waals surface area contributed by atoms with Crippen LogP contribution < -0.4 is 14.9 Å². The Morgan fingerprint density at radius 2 is 1.81 bits per heavy atom. The van der Waals surface area contributed by atoms with E-state index in [-0.39, 0.29) is 35.0 Å². The van der Waals surface area contributed by atoms with Gasteiger partial charge in [-0.2, -0.15) is 0 Å². The molecule has 10 heteroatoms. The Balaban J connectivity index is 1.53. The summed E-state index contributed by atoms with van der Waals surface area (Å²) < 4.78 is 5.59. The molecule has 0 saturated carbocycles. The standard InChI is InChI=1S/C22H16N4O6/c1-13(27)24-15-4-6-16(7-5-15)26-20(28)17-8-3-14(11-18(17)21(26)29)22(30)32-12-19-23-9-2-10-25(19)31/h2-11H,12H2,1H3,(H,24,27). The van der Waals surface area contributed by atoms with Crippen LogP contribution in [0.1, 0.15) is 43.8 Å². The molecular weight excluding hydrogens is 416 g/mol. The first-order valence-corrected chi connectivity index (χ1v) is 9.46. The Kier molecular flexibility index (Phi) is 5.34. The Labute approximate surface area is 181 Å². The summed E-state index contributed by atoms with van der Waals surface area (Å²) in [5.74, 6) is -2.13. The number of imide groups is 1. The minimum atomic E-state index is -0.767. The molecule has 0 fully saturated rings. The lowest BCUT2D eigenvalue weighted by Crippen LogP contribution is -2.33. The van der Waals surface area contributed by atoms with E-state index in [9.17, 15) is 24.4 Å². The zero-order chi connectivity index (χ0) is 22.8. The predicted molar refractivity (Wildman–Crippen MR) is 111 cm³/mol. The van der Waals surface area contributed by atoms with Crippen molar-refractivity contribution in [3.05, 3.63) is 88.6 Å². The van der Waals surface area contributed by atoms with Crippen LogP contribution >= 0.6 is 0 Å². The van der Waals surface area contributed by atoms with Gasteiger partial charge >= 0.3 is 11.8 Å². The number of nitrogens with zero attached hydrogens (tertiary/aromatic N) is 3. The summed E-state index contributed by atoms with van der Waals surface area (Å²) in [6.07, 6.45) is 2.63. The second kappa shape index (κ2) is 8.26. The summed E-state index contributed by atoms with van der Waals surface area (Å²) in [7, 11) is 0. The van der Waals surface area contributed by atoms with Gasteiger partial charge in [-0.25, -0.2) is 14.4 Å². The lowest BCUT2D eigenvalue weighted by molar-refractivity contribution is -0.620. The van der Waals surface area contributed by atoms with Crippen molar-refractivity contribution < 1.29 is 28.6 Å². The van der Waals surface area contributed by atoms with Crippen molar-refractivity contribution in [1.29, 1.82) is 0 Å². The number of esters is 1. The minimum absolute atomic E-state index is 0.00199. The molecule has 0 radical (unpaired) electrons. The van der Waals surface area contributed by atoms with Crippen LogP contribution in [0.2, 0.25) is 0 Å². The van der Waals surface area contributed by atoms with Gasteiger partial charge in [-0.1, -0.05) is 0 Å². The molecule has 2 heterocycles. The molecule has 3 amide bonds. The van der Waals surface area contributed by atoms with Crippen molar-refractivity contribution in [2.24, 2.45) is 0 Å². The van der Waals surface area contributed by atoms with Crippen LogP contribution in [0.4, 0.5) is 11.4 Å². The molecule has 0 spiro atoms. The summed E-state index contributed by atoms with van der Waals surface area (Å²) in [5, 5.41) is 14.2. The van der Waals surface area contributed by atoms with E-state index in [2.05, 4.69) is 10.3 Å². The largest absolute Gasteiger partial charge is 0.711 e. The number of nitrogens with one attached hydrogen (secondary N) is 1. The number of carbonyl (C=O) groups is 4. The molecule has 0 saturated heterocycles. The van der Waals surface area contributed by atoms with E-state index in [1.165, 1.54) is 55.7 Å². The number of rotatable bonds is 5. The van der Waals surface area contributed by atoms with Crippen LogP contribution in [-0.4, -0.2) is 28.7 Å². The molecule has 1 N–H and O–H groups in total. The second-order valence-corrected chi connectivity index (χ2v) is 6.87. The molecule has 160 valence electrons. The van der Waals surface area contributed by atoms with Crippen molar-refractivity contribution in [3.63, 3.8) is 0 Å². The molecule has 1 aliphatic heterocycles. The highest BCUT2D eigenvalue weighted by Gasteiger charge is 2.37. The van der Waals surface area contributed by atoms with Crippen molar-refractivity contribution >= 4 is 35.1 Å². The molecule has 1 aliphatic rings. The third kappa shape index (κ3) is 3.88. The predicted octanol–water partition coefficient (Wildman–Crippen LogP) is 1.83. The van der Waals surface area contributed by atoms with E-state index in [0.29, 0.717) is 16.1 Å². The molecule has 1 aromatic heterocycles. The van der Waals surface area contributed by atoms with Gasteiger partial charge in [0.2, 0.25) is 5.91 Å². The number of fused-ring (bicyclic) bond motifs is 1. The average molecular weight is 432 g/mol. The number of hydrogen-bond acceptors (Lipinski definition) is 7. The van der Waals surface area contributed by atoms with Gasteiger partial charge in [-0.3, -0.25) is 14.4 Å². The summed E-state index contributed by atoms with van der Waals surface area (Å²) in [6, 6.07) is 11.7. The highest BCUT2D eigenvalue weighted by atomic mass is 16.5. The number of benzene rings is 2. The number of carbonyl (C=O) groups excluding carboxylic acids is 4. The van der Waals surface area contributed by atoms with E-state index < -0.39 is 17.8 Å². The fraction of sp³-hybridized carbons (Fsp3) is 0.0909. The summed E-state index contributed by atoms with van der Waals surface area (Å²) in [5.41, 5.74) is 1.12. The Hall–Kier alpha value is -4.60. The van der Waals surface area contributed by atoms with E-state index in [0.717, 1.165) is 4.90 Å². The Bertz CT molecular complexity index is 1260. The molecule has 3 aromatic rings. The van der Waals surface area contributed by atoms with Gasteiger partial charge < -0.3 is 15.3 Å². The zero-order valence-corrected chi connectivity index (χ0v) is 16.8. The molecule has 0 aliphatic carbocycles. The molecule has 4 rings (SSSR count). The normalized spacial score (nSPS) is 12.5. The van der Waals surface area contributed by atoms with Crippen molar-refractivity contribution in [1.82, 2.24) is 4.98 Å². The summed E-state index contributed by atoms with van der Waals surface area (Å²) >= 11 is 0. The maximum Gasteiger partial charge on any atom is 0.339 e. The average Bonchev–Trinajstić information content (AvgIpc) is 3.03. The van der Waals surface area contributed by atoms with Gasteiger partial charge in [0.1, 0.15) is 6.20 Å². The lowest BCUT2D eigenvalue weighted by Gasteiger charge is -2.14. The van der Waals surface area contributed by atoms with Crippen molar-refractivity contribution in [3.8, 4) is 0 Å². The van der Waals surface area contributed by atoms with Gasteiger partial charge in [0, 0.05) is 18.7 Å². The first kappa shape index (κ1) is 20.7. The minimum Gasteiger partial charge on any atom is -0.711 e. The maximum atomic E-state index is 12.9. The molecule has 10 nitrogen and oxygen atoms in total. The van der Waals surface area contributed by atoms with E-state index >= 15 is 0 Å². The van der Waals surface area contributed by atoms with Crippen LogP contribution in [0.5, 0.6) is 0 Å². The van der Waals surface area contributed by atoms with Crippen molar-refractivity contribution in [2.45, 2.75) is 13.5 Å². The number of hydrogen-bond donors (Lipinski definition) is 1. The van der Waals surface area contributed by atoms with Gasteiger partial charge in [0.05, 0.1) is 28.6 Å². The zero-order valence-electron chi connectivity index (χ0n) is 16.8. The third-order valence-electron chi connectivity index (χ3n) is 4.69. The van der Waals surface area contributed by atoms with Gasteiger partial charge in [0.15, 0.2) is 6.61 Å². The molecule has 0 bridgehead atoms. The van der Waals surface area contributed by atoms with Crippen molar-refractivity contribution in [2.75, 3.05) is 10.2 Å². The van der Waals surface area contributed by atoms with Crippen LogP contribution in [0.3, 0.4) is 0 Å². The van der Waals surface area contributed by atoms with Gasteiger partial charge in [-0.05, 0) is 47.4 Å². The van der Waals surface area contributed by atoms with Crippen LogP contribution in [0, 0.1) is 5.21 Å². The first-order chi connectivity index (χ1) is 15.3. The fourth-order valence-electron chi connectivity index (χ4n) is 3.20. The summed E-state index contributed by atoms with van der Waals surface area (Å²) in [6.45, 7) is 1.02.